The number of carbonyl (C=O) groups is 1. The fraction of sp³-hybridized carbons (Fsp3) is 0.400. The maximum Gasteiger partial charge on any atom is 0.316 e. The van der Waals surface area contributed by atoms with E-state index in [9.17, 15) is 9.59 Å². The number of esters is 1. The highest BCUT2D eigenvalue weighted by atomic mass is 32.2. The molecule has 0 aliphatic heterocycles. The monoisotopic (exact) mass is 306 g/mol. The molecule has 1 aromatic heterocycles. The van der Waals surface area contributed by atoms with E-state index < -0.39 is 0 Å². The number of ether oxygens (including phenoxy) is 1. The Morgan fingerprint density at radius 1 is 1.38 bits per heavy atom. The zero-order chi connectivity index (χ0) is 15.2. The number of hydrogen-bond donors (Lipinski definition) is 0. The Morgan fingerprint density at radius 2 is 2.14 bits per heavy atom. The van der Waals surface area contributed by atoms with Crippen LogP contribution in [0.5, 0.6) is 0 Å². The average molecular weight is 306 g/mol. The van der Waals surface area contributed by atoms with E-state index in [2.05, 4.69) is 16.6 Å². The third-order valence-electron chi connectivity index (χ3n) is 3.11. The van der Waals surface area contributed by atoms with Gasteiger partial charge in [-0.1, -0.05) is 37.2 Å². The molecule has 0 aliphatic carbocycles. The van der Waals surface area contributed by atoms with E-state index in [1.54, 1.807) is 10.6 Å². The number of para-hydroxylation sites is 1. The molecular weight excluding hydrogens is 288 g/mol. The van der Waals surface area contributed by atoms with Crippen molar-refractivity contribution in [3.8, 4) is 0 Å². The second-order valence-corrected chi connectivity index (χ2v) is 5.53. The van der Waals surface area contributed by atoms with E-state index in [0.29, 0.717) is 22.6 Å². The summed E-state index contributed by atoms with van der Waals surface area (Å²) in [5.74, 6) is -0.183. The first kappa shape index (κ1) is 15.6. The molecule has 0 radical (unpaired) electrons. The molecule has 2 aromatic rings. The van der Waals surface area contributed by atoms with Crippen molar-refractivity contribution in [2.24, 2.45) is 0 Å². The Balaban J connectivity index is 2.44. The predicted molar refractivity (Wildman–Crippen MR) is 83.7 cm³/mol. The van der Waals surface area contributed by atoms with Crippen molar-refractivity contribution in [2.75, 3.05) is 12.9 Å². The number of carbonyl (C=O) groups excluding carboxylic acids is 1. The van der Waals surface area contributed by atoms with Gasteiger partial charge in [0, 0.05) is 6.54 Å². The molecule has 2 rings (SSSR count). The van der Waals surface area contributed by atoms with Crippen LogP contribution in [0.2, 0.25) is 0 Å². The Labute approximate surface area is 127 Å². The van der Waals surface area contributed by atoms with Gasteiger partial charge in [-0.3, -0.25) is 14.2 Å². The lowest BCUT2D eigenvalue weighted by Gasteiger charge is -2.12. The van der Waals surface area contributed by atoms with Crippen molar-refractivity contribution in [3.05, 3.63) is 34.6 Å². The van der Waals surface area contributed by atoms with Gasteiger partial charge in [0.1, 0.15) is 0 Å². The van der Waals surface area contributed by atoms with Gasteiger partial charge in [-0.2, -0.15) is 0 Å². The first-order chi connectivity index (χ1) is 10.2. The molecule has 0 aliphatic rings. The molecule has 0 saturated heterocycles. The number of unbranched alkanes of at least 4 members (excludes halogenated alkanes) is 1. The van der Waals surface area contributed by atoms with Crippen molar-refractivity contribution in [3.63, 3.8) is 0 Å². The number of aromatic nitrogens is 2. The van der Waals surface area contributed by atoms with Crippen molar-refractivity contribution >= 4 is 28.6 Å². The van der Waals surface area contributed by atoms with Gasteiger partial charge in [-0.25, -0.2) is 4.98 Å². The van der Waals surface area contributed by atoms with Gasteiger partial charge in [0.15, 0.2) is 5.16 Å². The lowest BCUT2D eigenvalue weighted by Crippen LogP contribution is -2.24. The SMILES string of the molecule is CCCCn1c(SCC(=O)OC)nc2ccccc2c1=O. The summed E-state index contributed by atoms with van der Waals surface area (Å²) in [6, 6.07) is 7.27. The van der Waals surface area contributed by atoms with Crippen LogP contribution in [-0.2, 0) is 16.1 Å². The molecule has 0 fully saturated rings. The fourth-order valence-electron chi connectivity index (χ4n) is 1.95. The summed E-state index contributed by atoms with van der Waals surface area (Å²) in [6.07, 6.45) is 1.88. The zero-order valence-corrected chi connectivity index (χ0v) is 13.0. The molecule has 0 saturated carbocycles. The van der Waals surface area contributed by atoms with E-state index in [1.165, 1.54) is 18.9 Å². The van der Waals surface area contributed by atoms with Crippen LogP contribution in [0.25, 0.3) is 10.9 Å². The van der Waals surface area contributed by atoms with Gasteiger partial charge < -0.3 is 4.74 Å². The summed E-state index contributed by atoms with van der Waals surface area (Å²) in [6.45, 7) is 2.68. The highest BCUT2D eigenvalue weighted by molar-refractivity contribution is 7.99. The minimum atomic E-state index is -0.329. The second-order valence-electron chi connectivity index (χ2n) is 4.59. The Bertz CT molecular complexity index is 697. The number of methoxy groups -OCH3 is 1. The largest absolute Gasteiger partial charge is 0.468 e. The highest BCUT2D eigenvalue weighted by Gasteiger charge is 2.12. The highest BCUT2D eigenvalue weighted by Crippen LogP contribution is 2.18. The summed E-state index contributed by atoms with van der Waals surface area (Å²) in [5, 5.41) is 1.17. The van der Waals surface area contributed by atoms with E-state index in [-0.39, 0.29) is 17.3 Å². The first-order valence-corrected chi connectivity index (χ1v) is 7.85. The zero-order valence-electron chi connectivity index (χ0n) is 12.2. The quantitative estimate of drug-likeness (QED) is 0.466. The third kappa shape index (κ3) is 3.64. The molecule has 112 valence electrons. The predicted octanol–water partition coefficient (Wildman–Crippen LogP) is 2.46. The van der Waals surface area contributed by atoms with Gasteiger partial charge in [-0.15, -0.1) is 0 Å². The topological polar surface area (TPSA) is 61.2 Å². The third-order valence-corrected chi connectivity index (χ3v) is 4.06. The average Bonchev–Trinajstić information content (AvgIpc) is 2.52. The summed E-state index contributed by atoms with van der Waals surface area (Å²) >= 11 is 1.24. The molecule has 21 heavy (non-hydrogen) atoms. The van der Waals surface area contributed by atoms with E-state index >= 15 is 0 Å². The molecule has 0 spiro atoms. The first-order valence-electron chi connectivity index (χ1n) is 6.86. The van der Waals surface area contributed by atoms with E-state index in [1.807, 2.05) is 18.2 Å². The van der Waals surface area contributed by atoms with Gasteiger partial charge in [0.25, 0.3) is 5.56 Å². The van der Waals surface area contributed by atoms with Gasteiger partial charge in [0.2, 0.25) is 0 Å². The van der Waals surface area contributed by atoms with Crippen molar-refractivity contribution in [2.45, 2.75) is 31.5 Å². The van der Waals surface area contributed by atoms with Crippen LogP contribution in [0, 0.1) is 0 Å². The van der Waals surface area contributed by atoms with Crippen LogP contribution < -0.4 is 5.56 Å². The minimum absolute atomic E-state index is 0.0542. The summed E-state index contributed by atoms with van der Waals surface area (Å²) in [4.78, 5) is 28.4. The minimum Gasteiger partial charge on any atom is -0.468 e. The molecule has 0 amide bonds. The van der Waals surface area contributed by atoms with Gasteiger partial charge in [0.05, 0.1) is 23.8 Å². The maximum atomic E-state index is 12.6. The molecule has 6 heteroatoms. The van der Waals surface area contributed by atoms with Crippen molar-refractivity contribution < 1.29 is 9.53 Å². The Hall–Kier alpha value is -1.82. The number of thioether (sulfide) groups is 1. The van der Waals surface area contributed by atoms with Gasteiger partial charge in [-0.05, 0) is 18.6 Å². The number of fused-ring (bicyclic) bond motifs is 1. The molecule has 0 unspecified atom stereocenters. The molecule has 5 nitrogen and oxygen atoms in total. The number of hydrogen-bond acceptors (Lipinski definition) is 5. The smallest absolute Gasteiger partial charge is 0.316 e. The van der Waals surface area contributed by atoms with Crippen LogP contribution in [-0.4, -0.2) is 28.4 Å². The van der Waals surface area contributed by atoms with Crippen LogP contribution in [0.15, 0.2) is 34.2 Å². The second kappa shape index (κ2) is 7.26. The van der Waals surface area contributed by atoms with E-state index in [4.69, 9.17) is 0 Å². The van der Waals surface area contributed by atoms with Crippen LogP contribution in [0.4, 0.5) is 0 Å². The van der Waals surface area contributed by atoms with E-state index in [0.717, 1.165) is 12.8 Å². The Kier molecular flexibility index (Phi) is 5.38. The number of rotatable bonds is 6. The molecule has 0 bridgehead atoms. The molecule has 0 N–H and O–H groups in total. The van der Waals surface area contributed by atoms with Crippen LogP contribution in [0.1, 0.15) is 19.8 Å². The lowest BCUT2D eigenvalue weighted by molar-refractivity contribution is -0.137. The summed E-state index contributed by atoms with van der Waals surface area (Å²) in [7, 11) is 1.35. The standard InChI is InChI=1S/C15H18N2O3S/c1-3-4-9-17-14(19)11-7-5-6-8-12(11)16-15(17)21-10-13(18)20-2/h5-8H,3-4,9-10H2,1-2H3. The summed E-state index contributed by atoms with van der Waals surface area (Å²) in [5.41, 5.74) is 0.601. The fourth-order valence-corrected chi connectivity index (χ4v) is 2.81. The Morgan fingerprint density at radius 3 is 2.86 bits per heavy atom. The van der Waals surface area contributed by atoms with Crippen LogP contribution >= 0.6 is 11.8 Å². The lowest BCUT2D eigenvalue weighted by atomic mass is 10.2. The summed E-state index contributed by atoms with van der Waals surface area (Å²) < 4.78 is 6.29. The number of benzene rings is 1. The molecule has 1 aromatic carbocycles. The molecule has 0 atom stereocenters. The normalized spacial score (nSPS) is 10.8. The van der Waals surface area contributed by atoms with Crippen LogP contribution in [0.3, 0.4) is 0 Å². The van der Waals surface area contributed by atoms with Crippen molar-refractivity contribution in [1.82, 2.24) is 9.55 Å². The number of nitrogens with zero attached hydrogens (tertiary/aromatic N) is 2. The van der Waals surface area contributed by atoms with Crippen molar-refractivity contribution in [1.29, 1.82) is 0 Å². The molecule has 1 heterocycles. The maximum absolute atomic E-state index is 12.6. The van der Waals surface area contributed by atoms with Gasteiger partial charge >= 0.3 is 5.97 Å². The molecular formula is C15H18N2O3S.